The minimum Gasteiger partial charge on any atom is -0.356 e. The fraction of sp³-hybridized carbons (Fsp3) is 0.765. The van der Waals surface area contributed by atoms with Gasteiger partial charge in [0.2, 0.25) is 5.91 Å². The molecule has 25 heavy (non-hydrogen) atoms. The van der Waals surface area contributed by atoms with Crippen LogP contribution in [0.25, 0.3) is 0 Å². The van der Waals surface area contributed by atoms with Crippen LogP contribution in [-0.4, -0.2) is 64.8 Å². The summed E-state index contributed by atoms with van der Waals surface area (Å²) in [6.45, 7) is 8.16. The van der Waals surface area contributed by atoms with Crippen molar-refractivity contribution in [2.24, 2.45) is 10.9 Å². The lowest BCUT2D eigenvalue weighted by Crippen LogP contribution is -2.43. The highest BCUT2D eigenvalue weighted by molar-refractivity contribution is 5.81. The van der Waals surface area contributed by atoms with Gasteiger partial charge in [-0.2, -0.15) is 0 Å². The summed E-state index contributed by atoms with van der Waals surface area (Å²) in [6, 6.07) is 0. The van der Waals surface area contributed by atoms with Crippen LogP contribution in [0.1, 0.15) is 38.9 Å². The first kappa shape index (κ1) is 19.2. The zero-order valence-electron chi connectivity index (χ0n) is 15.7. The molecule has 0 saturated carbocycles. The monoisotopic (exact) mass is 349 g/mol. The summed E-state index contributed by atoms with van der Waals surface area (Å²) in [7, 11) is 1.74. The molecule has 1 atom stereocenters. The Balaban J connectivity index is 1.65. The first-order chi connectivity index (χ1) is 12.1. The summed E-state index contributed by atoms with van der Waals surface area (Å²) in [5.41, 5.74) is 0. The van der Waals surface area contributed by atoms with Crippen LogP contribution in [0.5, 0.6) is 0 Å². The van der Waals surface area contributed by atoms with Gasteiger partial charge in [-0.3, -0.25) is 9.79 Å². The van der Waals surface area contributed by atoms with Gasteiger partial charge in [-0.1, -0.05) is 13.8 Å². The molecule has 1 aromatic heterocycles. The van der Waals surface area contributed by atoms with E-state index in [-0.39, 0.29) is 5.91 Å². The number of piperidine rings is 1. The van der Waals surface area contributed by atoms with E-state index in [9.17, 15) is 4.79 Å². The van der Waals surface area contributed by atoms with E-state index in [1.807, 2.05) is 9.47 Å². The number of hydrogen-bond donors (Lipinski definition) is 2. The molecule has 0 aliphatic carbocycles. The number of aliphatic imine (C=N–C) groups is 1. The van der Waals surface area contributed by atoms with Crippen LogP contribution in [0.4, 0.5) is 0 Å². The molecule has 0 bridgehead atoms. The average molecular weight is 349 g/mol. The molecule has 1 unspecified atom stereocenters. The van der Waals surface area contributed by atoms with Crippen LogP contribution < -0.4 is 10.6 Å². The Morgan fingerprint density at radius 3 is 2.92 bits per heavy atom. The number of aromatic nitrogens is 3. The molecular formula is C17H31N7O. The number of guanidine groups is 1. The molecule has 1 aliphatic rings. The van der Waals surface area contributed by atoms with E-state index < -0.39 is 0 Å². The van der Waals surface area contributed by atoms with E-state index in [1.54, 1.807) is 13.4 Å². The van der Waals surface area contributed by atoms with Crippen molar-refractivity contribution in [3.05, 3.63) is 12.2 Å². The van der Waals surface area contributed by atoms with Crippen molar-refractivity contribution in [1.82, 2.24) is 30.3 Å². The van der Waals surface area contributed by atoms with Gasteiger partial charge in [0.1, 0.15) is 12.2 Å². The molecule has 8 nitrogen and oxygen atoms in total. The SMILES string of the molecule is CCc1nncn1CCNC(=NC)NCCC(=O)N1CCCC(C)C1. The van der Waals surface area contributed by atoms with E-state index in [0.717, 1.165) is 44.8 Å². The lowest BCUT2D eigenvalue weighted by molar-refractivity contribution is -0.132. The molecular weight excluding hydrogens is 318 g/mol. The predicted molar refractivity (Wildman–Crippen MR) is 98.4 cm³/mol. The summed E-state index contributed by atoms with van der Waals surface area (Å²) < 4.78 is 2.03. The number of nitrogens with one attached hydrogen (secondary N) is 2. The molecule has 0 spiro atoms. The van der Waals surface area contributed by atoms with Crippen LogP contribution in [0.3, 0.4) is 0 Å². The van der Waals surface area contributed by atoms with Gasteiger partial charge in [0.25, 0.3) is 0 Å². The Morgan fingerprint density at radius 1 is 1.40 bits per heavy atom. The van der Waals surface area contributed by atoms with E-state index in [4.69, 9.17) is 0 Å². The zero-order chi connectivity index (χ0) is 18.1. The van der Waals surface area contributed by atoms with Gasteiger partial charge in [0.05, 0.1) is 0 Å². The van der Waals surface area contributed by atoms with Gasteiger partial charge < -0.3 is 20.1 Å². The van der Waals surface area contributed by atoms with Gasteiger partial charge in [0, 0.05) is 52.6 Å². The van der Waals surface area contributed by atoms with Crippen molar-refractivity contribution >= 4 is 11.9 Å². The van der Waals surface area contributed by atoms with E-state index in [1.165, 1.54) is 6.42 Å². The Morgan fingerprint density at radius 2 is 2.20 bits per heavy atom. The Bertz CT molecular complexity index is 569. The number of carbonyl (C=O) groups is 1. The third-order valence-electron chi connectivity index (χ3n) is 4.52. The highest BCUT2D eigenvalue weighted by atomic mass is 16.2. The minimum absolute atomic E-state index is 0.228. The quantitative estimate of drug-likeness (QED) is 0.558. The van der Waals surface area contributed by atoms with Gasteiger partial charge >= 0.3 is 0 Å². The number of hydrogen-bond acceptors (Lipinski definition) is 4. The molecule has 1 saturated heterocycles. The summed E-state index contributed by atoms with van der Waals surface area (Å²) in [4.78, 5) is 18.5. The average Bonchev–Trinajstić information content (AvgIpc) is 3.07. The maximum atomic E-state index is 12.3. The lowest BCUT2D eigenvalue weighted by Gasteiger charge is -2.31. The number of aryl methyl sites for hydroxylation is 1. The Hall–Kier alpha value is -2.12. The standard InChI is InChI=1S/C17H31N7O/c1-4-15-22-21-13-24(15)11-9-20-17(18-3)19-8-7-16(25)23-10-5-6-14(2)12-23/h13-14H,4-12H2,1-3H3,(H2,18,19,20). The highest BCUT2D eigenvalue weighted by Crippen LogP contribution is 2.15. The van der Waals surface area contributed by atoms with Crippen molar-refractivity contribution < 1.29 is 4.79 Å². The molecule has 140 valence electrons. The second-order valence-electron chi connectivity index (χ2n) is 6.56. The van der Waals surface area contributed by atoms with Crippen molar-refractivity contribution in [3.63, 3.8) is 0 Å². The molecule has 1 aromatic rings. The van der Waals surface area contributed by atoms with E-state index in [0.29, 0.717) is 24.8 Å². The maximum absolute atomic E-state index is 12.3. The highest BCUT2D eigenvalue weighted by Gasteiger charge is 2.20. The molecule has 8 heteroatoms. The second-order valence-corrected chi connectivity index (χ2v) is 6.56. The van der Waals surface area contributed by atoms with Crippen molar-refractivity contribution in [1.29, 1.82) is 0 Å². The van der Waals surface area contributed by atoms with Crippen molar-refractivity contribution in [2.45, 2.75) is 46.1 Å². The van der Waals surface area contributed by atoms with Crippen LogP contribution in [0, 0.1) is 5.92 Å². The van der Waals surface area contributed by atoms with Crippen LogP contribution >= 0.6 is 0 Å². The Kier molecular flexibility index (Phi) is 7.69. The van der Waals surface area contributed by atoms with Gasteiger partial charge in [-0.25, -0.2) is 0 Å². The molecule has 2 N–H and O–H groups in total. The fourth-order valence-electron chi connectivity index (χ4n) is 3.12. The zero-order valence-corrected chi connectivity index (χ0v) is 15.7. The van der Waals surface area contributed by atoms with Crippen molar-refractivity contribution in [2.75, 3.05) is 33.2 Å². The van der Waals surface area contributed by atoms with Crippen molar-refractivity contribution in [3.8, 4) is 0 Å². The number of nitrogens with zero attached hydrogens (tertiary/aromatic N) is 5. The molecule has 0 radical (unpaired) electrons. The number of likely N-dealkylation sites (tertiary alicyclic amines) is 1. The predicted octanol–water partition coefficient (Wildman–Crippen LogP) is 0.654. The third-order valence-corrected chi connectivity index (χ3v) is 4.52. The summed E-state index contributed by atoms with van der Waals surface area (Å²) in [5.74, 6) is 2.54. The third kappa shape index (κ3) is 6.03. The van der Waals surface area contributed by atoms with Gasteiger partial charge in [-0.05, 0) is 18.8 Å². The molecule has 2 rings (SSSR count). The first-order valence-corrected chi connectivity index (χ1v) is 9.23. The maximum Gasteiger partial charge on any atom is 0.224 e. The van der Waals surface area contributed by atoms with Crippen LogP contribution in [0.2, 0.25) is 0 Å². The van der Waals surface area contributed by atoms with Gasteiger partial charge in [-0.15, -0.1) is 10.2 Å². The van der Waals surface area contributed by atoms with Crippen LogP contribution in [0.15, 0.2) is 11.3 Å². The molecule has 2 heterocycles. The lowest BCUT2D eigenvalue weighted by atomic mass is 10.00. The molecule has 1 aliphatic heterocycles. The Labute approximate surface area is 150 Å². The number of carbonyl (C=O) groups excluding carboxylic acids is 1. The largest absolute Gasteiger partial charge is 0.356 e. The number of rotatable bonds is 7. The van der Waals surface area contributed by atoms with E-state index >= 15 is 0 Å². The van der Waals surface area contributed by atoms with E-state index in [2.05, 4.69) is 39.7 Å². The molecule has 0 aromatic carbocycles. The number of amides is 1. The molecule has 1 fully saturated rings. The minimum atomic E-state index is 0.228. The normalized spacial score (nSPS) is 18.3. The van der Waals surface area contributed by atoms with Crippen LogP contribution in [-0.2, 0) is 17.8 Å². The smallest absolute Gasteiger partial charge is 0.224 e. The summed E-state index contributed by atoms with van der Waals surface area (Å²) in [6.07, 6.45) is 5.45. The summed E-state index contributed by atoms with van der Waals surface area (Å²) >= 11 is 0. The fourth-order valence-corrected chi connectivity index (χ4v) is 3.12. The first-order valence-electron chi connectivity index (χ1n) is 9.23. The second kappa shape index (κ2) is 10.0. The van der Waals surface area contributed by atoms with Gasteiger partial charge in [0.15, 0.2) is 5.96 Å². The topological polar surface area (TPSA) is 87.4 Å². The summed E-state index contributed by atoms with van der Waals surface area (Å²) in [5, 5.41) is 14.5. The molecule has 1 amide bonds.